The van der Waals surface area contributed by atoms with Crippen molar-refractivity contribution in [3.05, 3.63) is 85.0 Å². The van der Waals surface area contributed by atoms with Crippen molar-refractivity contribution in [1.82, 2.24) is 14.9 Å². The molecule has 3 heterocycles. The molecule has 4 aromatic rings. The van der Waals surface area contributed by atoms with E-state index in [-0.39, 0.29) is 11.9 Å². The number of nitrogens with zero attached hydrogens (tertiary/aromatic N) is 4. The minimum atomic E-state index is -0.262. The lowest BCUT2D eigenvalue weighted by Gasteiger charge is -2.33. The largest absolute Gasteiger partial charge is 0.383 e. The second-order valence-electron chi connectivity index (χ2n) is 9.96. The average molecular weight is 497 g/mol. The molecule has 1 fully saturated rings. The molecule has 2 N–H and O–H groups in total. The molecular weight excluding hydrogens is 463 g/mol. The van der Waals surface area contributed by atoms with Crippen LogP contribution in [0.3, 0.4) is 0 Å². The SMILES string of the molecule is C=C(Nc1cc2cc(-c3cc(F)cc(NC(C)C)c3)ccc2cn1)c1ccnc(N2CCN(C)CC2)c1. The number of nitrogens with one attached hydrogen (secondary N) is 2. The molecule has 0 spiro atoms. The van der Waals surface area contributed by atoms with Crippen LogP contribution in [0.2, 0.25) is 0 Å². The number of likely N-dealkylation sites (N-methyl/N-ethyl adjacent to an activating group) is 1. The maximum Gasteiger partial charge on any atom is 0.130 e. The third-order valence-corrected chi connectivity index (χ3v) is 6.61. The van der Waals surface area contributed by atoms with Crippen molar-refractivity contribution >= 4 is 33.8 Å². The third kappa shape index (κ3) is 5.89. The van der Waals surface area contributed by atoms with Crippen LogP contribution in [-0.4, -0.2) is 54.1 Å². The number of benzene rings is 2. The van der Waals surface area contributed by atoms with Crippen LogP contribution in [0.25, 0.3) is 27.6 Å². The molecule has 0 aliphatic carbocycles. The Morgan fingerprint density at radius 2 is 1.73 bits per heavy atom. The maximum absolute atomic E-state index is 14.3. The molecule has 1 aliphatic heterocycles. The first-order valence-electron chi connectivity index (χ1n) is 12.7. The Morgan fingerprint density at radius 1 is 0.919 bits per heavy atom. The Kier molecular flexibility index (Phi) is 7.06. The highest BCUT2D eigenvalue weighted by Crippen LogP contribution is 2.29. The van der Waals surface area contributed by atoms with Crippen LogP contribution in [0.15, 0.2) is 73.6 Å². The fourth-order valence-electron chi connectivity index (χ4n) is 4.60. The highest BCUT2D eigenvalue weighted by Gasteiger charge is 2.16. The Hall–Kier alpha value is -3.97. The van der Waals surface area contributed by atoms with Gasteiger partial charge in [-0.25, -0.2) is 14.4 Å². The van der Waals surface area contributed by atoms with Gasteiger partial charge in [0.25, 0.3) is 0 Å². The van der Waals surface area contributed by atoms with E-state index in [1.54, 1.807) is 6.07 Å². The van der Waals surface area contributed by atoms with Crippen molar-refractivity contribution < 1.29 is 4.39 Å². The molecule has 0 unspecified atom stereocenters. The van der Waals surface area contributed by atoms with Gasteiger partial charge >= 0.3 is 0 Å². The van der Waals surface area contributed by atoms with Gasteiger partial charge in [-0.15, -0.1) is 0 Å². The van der Waals surface area contributed by atoms with Gasteiger partial charge in [-0.3, -0.25) is 0 Å². The molecule has 1 saturated heterocycles. The molecule has 0 atom stereocenters. The monoisotopic (exact) mass is 496 g/mol. The lowest BCUT2D eigenvalue weighted by molar-refractivity contribution is 0.312. The maximum atomic E-state index is 14.3. The number of piperazine rings is 1. The van der Waals surface area contributed by atoms with Crippen molar-refractivity contribution in [3.8, 4) is 11.1 Å². The topological polar surface area (TPSA) is 56.3 Å². The van der Waals surface area contributed by atoms with E-state index in [9.17, 15) is 4.39 Å². The van der Waals surface area contributed by atoms with Gasteiger partial charge in [0.15, 0.2) is 0 Å². The number of fused-ring (bicyclic) bond motifs is 1. The average Bonchev–Trinajstić information content (AvgIpc) is 2.88. The second kappa shape index (κ2) is 10.6. The summed E-state index contributed by atoms with van der Waals surface area (Å²) in [5, 5.41) is 8.67. The zero-order chi connectivity index (χ0) is 25.9. The van der Waals surface area contributed by atoms with Gasteiger partial charge in [0, 0.05) is 66.9 Å². The highest BCUT2D eigenvalue weighted by molar-refractivity contribution is 5.90. The summed E-state index contributed by atoms with van der Waals surface area (Å²) in [5.41, 5.74) is 4.28. The Balaban J connectivity index is 1.36. The molecule has 0 amide bonds. The number of hydrogen-bond donors (Lipinski definition) is 2. The summed E-state index contributed by atoms with van der Waals surface area (Å²) in [6.45, 7) is 12.3. The van der Waals surface area contributed by atoms with Gasteiger partial charge in [-0.2, -0.15) is 0 Å². The molecule has 6 nitrogen and oxygen atoms in total. The van der Waals surface area contributed by atoms with Crippen LogP contribution in [0, 0.1) is 5.82 Å². The molecule has 7 heteroatoms. The summed E-state index contributed by atoms with van der Waals surface area (Å²) in [7, 11) is 2.14. The highest BCUT2D eigenvalue weighted by atomic mass is 19.1. The van der Waals surface area contributed by atoms with Crippen LogP contribution >= 0.6 is 0 Å². The van der Waals surface area contributed by atoms with Gasteiger partial charge in [0.1, 0.15) is 17.5 Å². The van der Waals surface area contributed by atoms with Gasteiger partial charge in [-0.1, -0.05) is 18.7 Å². The number of pyridine rings is 2. The molecule has 5 rings (SSSR count). The van der Waals surface area contributed by atoms with E-state index in [2.05, 4.69) is 56.2 Å². The van der Waals surface area contributed by atoms with Crippen LogP contribution in [0.1, 0.15) is 19.4 Å². The fourth-order valence-corrected chi connectivity index (χ4v) is 4.60. The summed E-state index contributed by atoms with van der Waals surface area (Å²) >= 11 is 0. The molecule has 0 saturated carbocycles. The predicted octanol–water partition coefficient (Wildman–Crippen LogP) is 6.09. The number of halogens is 1. The molecule has 37 heavy (non-hydrogen) atoms. The predicted molar refractivity (Wildman–Crippen MR) is 152 cm³/mol. The van der Waals surface area contributed by atoms with Gasteiger partial charge in [0.2, 0.25) is 0 Å². The number of rotatable bonds is 7. The van der Waals surface area contributed by atoms with E-state index in [1.807, 2.05) is 56.6 Å². The van der Waals surface area contributed by atoms with Crippen molar-refractivity contribution in [2.24, 2.45) is 0 Å². The standard InChI is InChI=1S/C30H33FN6/c1-20(2)34-28-15-26(14-27(31)18-28)23-5-6-24-19-33-29(16-25(24)13-23)35-21(3)22-7-8-32-30(17-22)37-11-9-36(4)10-12-37/h5-8,13-20,34H,3,9-12H2,1-2,4H3,(H,33,35). The van der Waals surface area contributed by atoms with Crippen LogP contribution in [0.4, 0.5) is 21.7 Å². The van der Waals surface area contributed by atoms with Crippen molar-refractivity contribution in [2.75, 3.05) is 48.8 Å². The van der Waals surface area contributed by atoms with Crippen molar-refractivity contribution in [1.29, 1.82) is 0 Å². The quantitative estimate of drug-likeness (QED) is 0.323. The van der Waals surface area contributed by atoms with Crippen molar-refractivity contribution in [2.45, 2.75) is 19.9 Å². The van der Waals surface area contributed by atoms with E-state index >= 15 is 0 Å². The summed E-state index contributed by atoms with van der Waals surface area (Å²) in [4.78, 5) is 13.8. The smallest absolute Gasteiger partial charge is 0.130 e. The summed E-state index contributed by atoms with van der Waals surface area (Å²) in [6.07, 6.45) is 3.67. The second-order valence-corrected chi connectivity index (χ2v) is 9.96. The minimum absolute atomic E-state index is 0.220. The van der Waals surface area contributed by atoms with E-state index in [1.165, 1.54) is 6.07 Å². The van der Waals surface area contributed by atoms with Crippen molar-refractivity contribution in [3.63, 3.8) is 0 Å². The fraction of sp³-hybridized carbons (Fsp3) is 0.267. The summed E-state index contributed by atoms with van der Waals surface area (Å²) < 4.78 is 14.3. The van der Waals surface area contributed by atoms with Crippen LogP contribution in [-0.2, 0) is 0 Å². The first-order valence-corrected chi connectivity index (χ1v) is 12.7. The lowest BCUT2D eigenvalue weighted by Crippen LogP contribution is -2.44. The van der Waals surface area contributed by atoms with E-state index in [0.717, 1.165) is 70.8 Å². The zero-order valence-electron chi connectivity index (χ0n) is 21.6. The molecule has 190 valence electrons. The normalized spacial score (nSPS) is 14.2. The first-order chi connectivity index (χ1) is 17.8. The van der Waals surface area contributed by atoms with Gasteiger partial charge in [-0.05, 0) is 79.9 Å². The summed E-state index contributed by atoms with van der Waals surface area (Å²) in [6, 6.07) is 17.4. The summed E-state index contributed by atoms with van der Waals surface area (Å²) in [5.74, 6) is 1.41. The number of hydrogen-bond acceptors (Lipinski definition) is 6. The molecule has 0 bridgehead atoms. The Bertz CT molecular complexity index is 1430. The molecule has 2 aromatic heterocycles. The van der Waals surface area contributed by atoms with Gasteiger partial charge < -0.3 is 20.4 Å². The van der Waals surface area contributed by atoms with Crippen LogP contribution in [0.5, 0.6) is 0 Å². The first kappa shape index (κ1) is 24.7. The Morgan fingerprint density at radius 3 is 2.51 bits per heavy atom. The number of aromatic nitrogens is 2. The van der Waals surface area contributed by atoms with Gasteiger partial charge in [0.05, 0.1) is 0 Å². The molecule has 0 radical (unpaired) electrons. The minimum Gasteiger partial charge on any atom is -0.383 e. The van der Waals surface area contributed by atoms with E-state index < -0.39 is 0 Å². The van der Waals surface area contributed by atoms with E-state index in [0.29, 0.717) is 5.82 Å². The van der Waals surface area contributed by atoms with E-state index in [4.69, 9.17) is 0 Å². The lowest BCUT2D eigenvalue weighted by atomic mass is 10.0. The van der Waals surface area contributed by atoms with Crippen LogP contribution < -0.4 is 15.5 Å². The molecular formula is C30H33FN6. The third-order valence-electron chi connectivity index (χ3n) is 6.61. The zero-order valence-corrected chi connectivity index (χ0v) is 21.6. The molecule has 2 aromatic carbocycles. The Labute approximate surface area is 217 Å². The molecule has 1 aliphatic rings. The number of anilines is 3.